The summed E-state index contributed by atoms with van der Waals surface area (Å²) in [6.45, 7) is 0. The molecule has 128 valence electrons. The molecule has 1 aliphatic heterocycles. The van der Waals surface area contributed by atoms with E-state index in [9.17, 15) is 15.2 Å². The molecule has 4 aliphatic carbocycles. The molecule has 7 unspecified atom stereocenters. The van der Waals surface area contributed by atoms with Crippen LogP contribution in [0.1, 0.15) is 57.8 Å². The highest BCUT2D eigenvalue weighted by Gasteiger charge is 2.62. The number of hydrogen-bond acceptors (Lipinski definition) is 4. The Morgan fingerprint density at radius 3 is 2.88 bits per heavy atom. The predicted octanol–water partition coefficient (Wildman–Crippen LogP) is 2.24. The second-order valence-electron chi connectivity index (χ2n) is 9.18. The number of fused-ring (bicyclic) bond motifs is 3. The molecule has 7 atom stereocenters. The molecule has 0 aromatic heterocycles. The van der Waals surface area contributed by atoms with Gasteiger partial charge in [0.1, 0.15) is 11.8 Å². The highest BCUT2D eigenvalue weighted by atomic mass is 16.3. The second kappa shape index (κ2) is 4.60. The molecule has 3 bridgehead atoms. The number of hydrogen-bond donors (Lipinski definition) is 2. The summed E-state index contributed by atoms with van der Waals surface area (Å²) >= 11 is 0. The Kier molecular flexibility index (Phi) is 2.86. The minimum atomic E-state index is -0.672. The van der Waals surface area contributed by atoms with Crippen LogP contribution in [0, 0.1) is 39.9 Å². The Morgan fingerprint density at radius 2 is 2.08 bits per heavy atom. The summed E-state index contributed by atoms with van der Waals surface area (Å²) < 4.78 is 0. The predicted molar refractivity (Wildman–Crippen MR) is 87.2 cm³/mol. The average molecular weight is 327 g/mol. The van der Waals surface area contributed by atoms with Gasteiger partial charge in [0.05, 0.1) is 11.7 Å². The number of nitrogens with one attached hydrogen (secondary N) is 1. The Balaban J connectivity index is 1.48. The molecule has 5 nitrogen and oxygen atoms in total. The molecular weight excluding hydrogens is 302 g/mol. The van der Waals surface area contributed by atoms with Crippen LogP contribution in [0.2, 0.25) is 0 Å². The number of carbonyl (C=O) groups is 1. The van der Waals surface area contributed by atoms with E-state index in [0.717, 1.165) is 51.4 Å². The molecule has 2 N–H and O–H groups in total. The highest BCUT2D eigenvalue weighted by Crippen LogP contribution is 2.62. The summed E-state index contributed by atoms with van der Waals surface area (Å²) in [7, 11) is 0. The van der Waals surface area contributed by atoms with E-state index in [1.165, 1.54) is 0 Å². The number of nitrogens with zero attached hydrogens (tertiary/aromatic N) is 2. The minimum absolute atomic E-state index is 0.196. The maximum absolute atomic E-state index is 13.2. The normalized spacial score (nSPS) is 51.0. The van der Waals surface area contributed by atoms with E-state index in [0.29, 0.717) is 24.2 Å². The summed E-state index contributed by atoms with van der Waals surface area (Å²) in [6.07, 6.45) is 8.09. The summed E-state index contributed by atoms with van der Waals surface area (Å²) in [5, 5.41) is 29.2. The maximum atomic E-state index is 13.2. The van der Waals surface area contributed by atoms with Crippen LogP contribution in [0.15, 0.2) is 0 Å². The summed E-state index contributed by atoms with van der Waals surface area (Å²) in [4.78, 5) is 14.9. The molecule has 1 saturated heterocycles. The minimum Gasteiger partial charge on any atom is -0.390 e. The summed E-state index contributed by atoms with van der Waals surface area (Å²) in [6, 6.07) is 2.12. The van der Waals surface area contributed by atoms with E-state index in [2.05, 4.69) is 6.07 Å². The van der Waals surface area contributed by atoms with Crippen LogP contribution < -0.4 is 0 Å². The molecule has 0 spiro atoms. The number of carbonyl (C=O) groups excluding carboxylic acids is 1. The van der Waals surface area contributed by atoms with Crippen molar-refractivity contribution in [2.24, 2.45) is 23.2 Å². The van der Waals surface area contributed by atoms with Crippen molar-refractivity contribution in [3.63, 3.8) is 0 Å². The van der Waals surface area contributed by atoms with Crippen LogP contribution in [0.25, 0.3) is 0 Å². The van der Waals surface area contributed by atoms with Crippen molar-refractivity contribution in [1.29, 1.82) is 10.7 Å². The van der Waals surface area contributed by atoms with Crippen LogP contribution in [0.5, 0.6) is 0 Å². The fraction of sp³-hybridized carbons (Fsp3) is 0.842. The van der Waals surface area contributed by atoms with Gasteiger partial charge in [-0.25, -0.2) is 0 Å². The molecule has 4 saturated carbocycles. The molecule has 1 amide bonds. The smallest absolute Gasteiger partial charge is 0.269 e. The van der Waals surface area contributed by atoms with Crippen LogP contribution in [-0.2, 0) is 4.79 Å². The Bertz CT molecular complexity index is 670. The van der Waals surface area contributed by atoms with Crippen LogP contribution in [0.4, 0.5) is 0 Å². The van der Waals surface area contributed by atoms with E-state index in [-0.39, 0.29) is 23.7 Å². The number of rotatable bonds is 2. The molecule has 0 aromatic rings. The second-order valence-corrected chi connectivity index (χ2v) is 9.18. The number of nitriles is 1. The molecule has 5 rings (SSSR count). The van der Waals surface area contributed by atoms with E-state index in [1.807, 2.05) is 0 Å². The molecule has 5 fully saturated rings. The lowest BCUT2D eigenvalue weighted by molar-refractivity contribution is -0.138. The quantitative estimate of drug-likeness (QED) is 0.762. The Morgan fingerprint density at radius 1 is 1.25 bits per heavy atom. The topological polar surface area (TPSA) is 88.2 Å². The number of amides is 1. The van der Waals surface area contributed by atoms with Gasteiger partial charge in [-0.15, -0.1) is 0 Å². The zero-order chi connectivity index (χ0) is 16.7. The fourth-order valence-electron chi connectivity index (χ4n) is 6.74. The van der Waals surface area contributed by atoms with Crippen molar-refractivity contribution in [2.75, 3.05) is 0 Å². The zero-order valence-electron chi connectivity index (χ0n) is 14.0. The van der Waals surface area contributed by atoms with Crippen molar-refractivity contribution in [2.45, 2.75) is 75.5 Å². The zero-order valence-corrected chi connectivity index (χ0v) is 14.0. The van der Waals surface area contributed by atoms with Gasteiger partial charge in [-0.3, -0.25) is 10.2 Å². The van der Waals surface area contributed by atoms with Gasteiger partial charge in [0.2, 0.25) is 0 Å². The summed E-state index contributed by atoms with van der Waals surface area (Å²) in [5.74, 6) is 1.09. The lowest BCUT2D eigenvalue weighted by Gasteiger charge is -2.59. The van der Waals surface area contributed by atoms with Gasteiger partial charge in [0.25, 0.3) is 5.91 Å². The van der Waals surface area contributed by atoms with E-state index < -0.39 is 11.0 Å². The number of aliphatic hydroxyl groups is 1. The third kappa shape index (κ3) is 1.84. The number of piperidine rings is 1. The van der Waals surface area contributed by atoms with E-state index in [4.69, 9.17) is 5.41 Å². The van der Waals surface area contributed by atoms with E-state index in [1.54, 1.807) is 4.90 Å². The average Bonchev–Trinajstić information content (AvgIpc) is 3.21. The largest absolute Gasteiger partial charge is 0.390 e. The Labute approximate surface area is 142 Å². The fourth-order valence-corrected chi connectivity index (χ4v) is 6.74. The molecule has 24 heavy (non-hydrogen) atoms. The molecule has 5 aliphatic rings. The standard InChI is InChI=1S/C19H25N3O2/c20-9-14-5-12-6-15(12)22(14)17(23)16(21)19-8-11-1-2-13(19)3-4-18(24,7-11)10-19/h11-15,21,24H,1-8,10H2. The first-order valence-electron chi connectivity index (χ1n) is 9.49. The molecule has 5 heteroatoms. The Hall–Kier alpha value is -1.41. The molecule has 0 aromatic carbocycles. The first-order chi connectivity index (χ1) is 11.5. The highest BCUT2D eigenvalue weighted by molar-refractivity contribution is 6.40. The first-order valence-corrected chi connectivity index (χ1v) is 9.49. The van der Waals surface area contributed by atoms with Crippen LogP contribution in [-0.4, -0.2) is 39.3 Å². The van der Waals surface area contributed by atoms with Gasteiger partial charge in [-0.2, -0.15) is 5.26 Å². The van der Waals surface area contributed by atoms with E-state index >= 15 is 0 Å². The lowest BCUT2D eigenvalue weighted by Crippen LogP contribution is -2.61. The maximum Gasteiger partial charge on any atom is 0.269 e. The van der Waals surface area contributed by atoms with Crippen molar-refractivity contribution in [1.82, 2.24) is 4.90 Å². The molecule has 0 radical (unpaired) electrons. The van der Waals surface area contributed by atoms with Crippen molar-refractivity contribution < 1.29 is 9.90 Å². The lowest BCUT2D eigenvalue weighted by atomic mass is 9.46. The van der Waals surface area contributed by atoms with Crippen molar-refractivity contribution in [3.8, 4) is 6.07 Å². The SMILES string of the molecule is N#CC1CC2CC2N1C(=O)C(=N)C12CC3CCC1CCC(O)(C3)C2. The summed E-state index contributed by atoms with van der Waals surface area (Å²) in [5.41, 5.74) is -0.894. The van der Waals surface area contributed by atoms with Gasteiger partial charge < -0.3 is 10.0 Å². The molecule has 1 heterocycles. The number of likely N-dealkylation sites (tertiary alicyclic amines) is 1. The van der Waals surface area contributed by atoms with Crippen LogP contribution >= 0.6 is 0 Å². The third-order valence-corrected chi connectivity index (χ3v) is 7.83. The molecular formula is C19H25N3O2. The van der Waals surface area contributed by atoms with Gasteiger partial charge in [-0.05, 0) is 69.1 Å². The first kappa shape index (κ1) is 14.9. The van der Waals surface area contributed by atoms with Crippen molar-refractivity contribution >= 4 is 11.6 Å². The van der Waals surface area contributed by atoms with Crippen molar-refractivity contribution in [3.05, 3.63) is 0 Å². The monoisotopic (exact) mass is 327 g/mol. The van der Waals surface area contributed by atoms with Crippen LogP contribution in [0.3, 0.4) is 0 Å². The van der Waals surface area contributed by atoms with Gasteiger partial charge >= 0.3 is 0 Å². The third-order valence-electron chi connectivity index (χ3n) is 7.83. The van der Waals surface area contributed by atoms with Gasteiger partial charge in [-0.1, -0.05) is 6.42 Å². The van der Waals surface area contributed by atoms with Gasteiger partial charge in [0, 0.05) is 11.5 Å². The van der Waals surface area contributed by atoms with Gasteiger partial charge in [0.15, 0.2) is 0 Å².